The van der Waals surface area contributed by atoms with Crippen molar-refractivity contribution in [1.29, 1.82) is 0 Å². The summed E-state index contributed by atoms with van der Waals surface area (Å²) < 4.78 is 7.72. The first-order valence-electron chi connectivity index (χ1n) is 9.73. The van der Waals surface area contributed by atoms with Gasteiger partial charge in [0.05, 0.1) is 23.3 Å². The summed E-state index contributed by atoms with van der Waals surface area (Å²) in [7, 11) is 0. The Hall–Kier alpha value is -3.67. The highest BCUT2D eigenvalue weighted by molar-refractivity contribution is 6.01. The number of nitrogens with one attached hydrogen (secondary N) is 1. The van der Waals surface area contributed by atoms with Crippen LogP contribution < -0.4 is 5.32 Å². The molecular weight excluding hydrogens is 364 g/mol. The van der Waals surface area contributed by atoms with E-state index in [0.717, 1.165) is 39.6 Å². The predicted octanol–water partition coefficient (Wildman–Crippen LogP) is 4.44. The minimum Gasteiger partial charge on any atom is -0.469 e. The summed E-state index contributed by atoms with van der Waals surface area (Å²) in [5.74, 6) is 1.78. The Bertz CT molecular complexity index is 1250. The third-order valence-electron chi connectivity index (χ3n) is 5.84. The second-order valence-electron chi connectivity index (χ2n) is 7.54. The molecule has 0 spiro atoms. The van der Waals surface area contributed by atoms with E-state index in [1.54, 1.807) is 12.5 Å². The molecule has 6 nitrogen and oxygen atoms in total. The molecule has 29 heavy (non-hydrogen) atoms. The SMILES string of the molecule is O=C1C[C@H](c2ccco2)CC2=C1[C@@H](c1cccnc1)n1c(nc3ccccc31)N2. The van der Waals surface area contributed by atoms with Crippen LogP contribution in [0, 0.1) is 0 Å². The number of carbonyl (C=O) groups is 1. The molecule has 0 unspecified atom stereocenters. The average molecular weight is 382 g/mol. The molecule has 6 rings (SSSR count). The lowest BCUT2D eigenvalue weighted by atomic mass is 9.79. The summed E-state index contributed by atoms with van der Waals surface area (Å²) in [5, 5.41) is 3.46. The number of hydrogen-bond acceptors (Lipinski definition) is 5. The molecular formula is C23H18N4O2. The molecule has 1 aliphatic heterocycles. The maximum absolute atomic E-state index is 13.4. The van der Waals surface area contributed by atoms with Crippen LogP contribution in [0.5, 0.6) is 0 Å². The first kappa shape index (κ1) is 16.3. The molecule has 0 bridgehead atoms. The third kappa shape index (κ3) is 2.45. The molecule has 1 aliphatic carbocycles. The molecule has 0 radical (unpaired) electrons. The zero-order valence-corrected chi connectivity index (χ0v) is 15.6. The normalized spacial score (nSPS) is 21.0. The van der Waals surface area contributed by atoms with Gasteiger partial charge in [0.2, 0.25) is 5.95 Å². The minimum atomic E-state index is -0.243. The van der Waals surface area contributed by atoms with E-state index in [9.17, 15) is 4.79 Å². The monoisotopic (exact) mass is 382 g/mol. The van der Waals surface area contributed by atoms with Gasteiger partial charge in [0.1, 0.15) is 5.76 Å². The lowest BCUT2D eigenvalue weighted by Gasteiger charge is -2.35. The molecule has 0 saturated heterocycles. The summed E-state index contributed by atoms with van der Waals surface area (Å²) in [4.78, 5) is 22.5. The van der Waals surface area contributed by atoms with Crippen molar-refractivity contribution in [2.24, 2.45) is 0 Å². The van der Waals surface area contributed by atoms with Crippen molar-refractivity contribution < 1.29 is 9.21 Å². The summed E-state index contributed by atoms with van der Waals surface area (Å²) >= 11 is 0. The maximum Gasteiger partial charge on any atom is 0.209 e. The van der Waals surface area contributed by atoms with Gasteiger partial charge in [0.25, 0.3) is 0 Å². The van der Waals surface area contributed by atoms with E-state index in [4.69, 9.17) is 9.40 Å². The van der Waals surface area contributed by atoms with Gasteiger partial charge >= 0.3 is 0 Å². The third-order valence-corrected chi connectivity index (χ3v) is 5.84. The molecule has 4 heterocycles. The van der Waals surface area contributed by atoms with Crippen molar-refractivity contribution >= 4 is 22.8 Å². The second-order valence-corrected chi connectivity index (χ2v) is 7.54. The fraction of sp³-hybridized carbons (Fsp3) is 0.174. The van der Waals surface area contributed by atoms with Crippen molar-refractivity contribution in [2.45, 2.75) is 24.8 Å². The summed E-state index contributed by atoms with van der Waals surface area (Å²) in [6.07, 6.45) is 6.41. The average Bonchev–Trinajstić information content (AvgIpc) is 3.40. The molecule has 3 aromatic heterocycles. The summed E-state index contributed by atoms with van der Waals surface area (Å²) in [6.45, 7) is 0. The van der Waals surface area contributed by atoms with Gasteiger partial charge in [-0.25, -0.2) is 4.98 Å². The number of furan rings is 1. The zero-order valence-electron chi connectivity index (χ0n) is 15.6. The van der Waals surface area contributed by atoms with Gasteiger partial charge in [0.15, 0.2) is 5.78 Å². The van der Waals surface area contributed by atoms with E-state index in [1.165, 1.54) is 0 Å². The Balaban J connectivity index is 1.56. The lowest BCUT2D eigenvalue weighted by molar-refractivity contribution is -0.116. The van der Waals surface area contributed by atoms with Crippen LogP contribution in [0.4, 0.5) is 5.95 Å². The number of anilines is 1. The van der Waals surface area contributed by atoms with Gasteiger partial charge in [-0.15, -0.1) is 0 Å². The molecule has 0 fully saturated rings. The van der Waals surface area contributed by atoms with Crippen LogP contribution >= 0.6 is 0 Å². The molecule has 1 N–H and O–H groups in total. The number of imidazole rings is 1. The van der Waals surface area contributed by atoms with E-state index in [-0.39, 0.29) is 17.7 Å². The van der Waals surface area contributed by atoms with Gasteiger partial charge in [-0.2, -0.15) is 0 Å². The smallest absolute Gasteiger partial charge is 0.209 e. The van der Waals surface area contributed by atoms with Crippen LogP contribution in [0.2, 0.25) is 0 Å². The van der Waals surface area contributed by atoms with Gasteiger partial charge in [-0.05, 0) is 42.3 Å². The van der Waals surface area contributed by atoms with Crippen LogP contribution in [0.15, 0.2) is 82.9 Å². The zero-order chi connectivity index (χ0) is 19.4. The number of fused-ring (bicyclic) bond motifs is 3. The highest BCUT2D eigenvalue weighted by Gasteiger charge is 2.40. The molecule has 142 valence electrons. The Morgan fingerprint density at radius 3 is 2.83 bits per heavy atom. The Morgan fingerprint density at radius 2 is 2.00 bits per heavy atom. The van der Waals surface area contributed by atoms with Crippen molar-refractivity contribution in [3.8, 4) is 0 Å². The number of carbonyl (C=O) groups excluding carboxylic acids is 1. The van der Waals surface area contributed by atoms with Crippen LogP contribution in [0.25, 0.3) is 11.0 Å². The predicted molar refractivity (Wildman–Crippen MR) is 108 cm³/mol. The highest BCUT2D eigenvalue weighted by atomic mass is 16.3. The number of rotatable bonds is 2. The fourth-order valence-corrected chi connectivity index (χ4v) is 4.60. The molecule has 2 aliphatic rings. The molecule has 0 saturated carbocycles. The summed E-state index contributed by atoms with van der Waals surface area (Å²) in [6, 6.07) is 15.5. The van der Waals surface area contributed by atoms with Gasteiger partial charge in [-0.1, -0.05) is 18.2 Å². The molecule has 0 amide bonds. The van der Waals surface area contributed by atoms with Gasteiger partial charge < -0.3 is 9.73 Å². The fourth-order valence-electron chi connectivity index (χ4n) is 4.60. The van der Waals surface area contributed by atoms with E-state index in [1.807, 2.05) is 54.7 Å². The maximum atomic E-state index is 13.4. The van der Waals surface area contributed by atoms with Crippen LogP contribution in [0.1, 0.15) is 36.1 Å². The number of para-hydroxylation sites is 2. The van der Waals surface area contributed by atoms with Gasteiger partial charge in [0, 0.05) is 36.0 Å². The van der Waals surface area contributed by atoms with E-state index < -0.39 is 0 Å². The van der Waals surface area contributed by atoms with Crippen molar-refractivity contribution in [3.05, 3.63) is 89.8 Å². The number of pyridine rings is 1. The number of Topliss-reactive ketones (excluding diaryl/α,β-unsaturated/α-hetero) is 1. The molecule has 1 aromatic carbocycles. The lowest BCUT2D eigenvalue weighted by Crippen LogP contribution is -2.33. The van der Waals surface area contributed by atoms with Gasteiger partial charge in [-0.3, -0.25) is 14.3 Å². The van der Waals surface area contributed by atoms with Crippen molar-refractivity contribution in [1.82, 2.24) is 14.5 Å². The topological polar surface area (TPSA) is 73.0 Å². The molecule has 6 heteroatoms. The van der Waals surface area contributed by atoms with Crippen molar-refractivity contribution in [2.75, 3.05) is 5.32 Å². The minimum absolute atomic E-state index is 0.0363. The Labute approximate surface area is 166 Å². The number of aromatic nitrogens is 3. The molecule has 4 aromatic rings. The number of nitrogens with zero attached hydrogens (tertiary/aromatic N) is 3. The largest absolute Gasteiger partial charge is 0.469 e. The first-order chi connectivity index (χ1) is 14.3. The second kappa shape index (κ2) is 6.17. The number of benzene rings is 1. The Morgan fingerprint density at radius 1 is 1.07 bits per heavy atom. The Kier molecular flexibility index (Phi) is 3.47. The number of ketones is 1. The standard InChI is InChI=1S/C23H18N4O2/c28-19-12-15(20-8-4-10-29-20)11-17-21(19)22(14-5-3-9-24-13-14)27-18-7-2-1-6-16(18)25-23(27)26-17/h1-10,13,15,22H,11-12H2,(H,25,26)/t15-,22-/m1/s1. The quantitative estimate of drug-likeness (QED) is 0.555. The van der Waals surface area contributed by atoms with E-state index >= 15 is 0 Å². The highest BCUT2D eigenvalue weighted by Crippen LogP contribution is 2.45. The van der Waals surface area contributed by atoms with Crippen LogP contribution in [0.3, 0.4) is 0 Å². The van der Waals surface area contributed by atoms with E-state index in [2.05, 4.69) is 14.9 Å². The molecule has 2 atom stereocenters. The van der Waals surface area contributed by atoms with Crippen LogP contribution in [-0.4, -0.2) is 20.3 Å². The first-order valence-corrected chi connectivity index (χ1v) is 9.73. The summed E-state index contributed by atoms with van der Waals surface area (Å²) in [5.41, 5.74) is 4.61. The number of hydrogen-bond donors (Lipinski definition) is 1. The van der Waals surface area contributed by atoms with E-state index in [0.29, 0.717) is 12.8 Å². The van der Waals surface area contributed by atoms with Crippen LogP contribution in [-0.2, 0) is 4.79 Å². The number of allylic oxidation sites excluding steroid dienone is 2. The van der Waals surface area contributed by atoms with Crippen molar-refractivity contribution in [3.63, 3.8) is 0 Å².